The van der Waals surface area contributed by atoms with Crippen molar-refractivity contribution in [2.24, 2.45) is 5.92 Å². The summed E-state index contributed by atoms with van der Waals surface area (Å²) in [6.45, 7) is 4.59. The molecule has 17 heavy (non-hydrogen) atoms. The highest BCUT2D eigenvalue weighted by Crippen LogP contribution is 2.32. The van der Waals surface area contributed by atoms with Gasteiger partial charge in [0.2, 0.25) is 5.91 Å². The van der Waals surface area contributed by atoms with Crippen LogP contribution in [-0.2, 0) is 4.79 Å². The van der Waals surface area contributed by atoms with Gasteiger partial charge in [0.05, 0.1) is 5.69 Å². The first-order valence-corrected chi connectivity index (χ1v) is 6.24. The number of benzene rings is 1. The summed E-state index contributed by atoms with van der Waals surface area (Å²) in [4.78, 5) is 14.1. The number of aromatic hydroxyl groups is 1. The van der Waals surface area contributed by atoms with Gasteiger partial charge < -0.3 is 10.0 Å². The topological polar surface area (TPSA) is 40.5 Å². The first-order chi connectivity index (χ1) is 8.13. The molecule has 1 N–H and O–H groups in total. The Bertz CT molecular complexity index is 424. The lowest BCUT2D eigenvalue weighted by Gasteiger charge is -2.31. The molecule has 1 aliphatic carbocycles. The molecule has 1 aliphatic rings. The van der Waals surface area contributed by atoms with Gasteiger partial charge in [0, 0.05) is 18.5 Å². The number of nitrogens with zero attached hydrogens (tertiary/aromatic N) is 1. The third-order valence-electron chi connectivity index (χ3n) is 3.52. The SMILES string of the molecule is CCN(C(=O)C1CCC1)c1cc(O)ccc1C. The Morgan fingerprint density at radius 1 is 1.47 bits per heavy atom. The molecule has 3 heteroatoms. The average molecular weight is 233 g/mol. The fourth-order valence-electron chi connectivity index (χ4n) is 2.21. The normalized spacial score (nSPS) is 15.4. The molecular weight excluding hydrogens is 214 g/mol. The third kappa shape index (κ3) is 2.28. The summed E-state index contributed by atoms with van der Waals surface area (Å²) >= 11 is 0. The molecule has 0 saturated heterocycles. The number of aryl methyl sites for hydroxylation is 1. The van der Waals surface area contributed by atoms with E-state index in [2.05, 4.69) is 0 Å². The number of amides is 1. The van der Waals surface area contributed by atoms with Crippen molar-refractivity contribution in [2.45, 2.75) is 33.1 Å². The molecule has 3 nitrogen and oxygen atoms in total. The molecule has 0 atom stereocenters. The summed E-state index contributed by atoms with van der Waals surface area (Å²) < 4.78 is 0. The Balaban J connectivity index is 2.27. The van der Waals surface area contributed by atoms with Crippen LogP contribution >= 0.6 is 0 Å². The van der Waals surface area contributed by atoms with Gasteiger partial charge in [0.25, 0.3) is 0 Å². The molecule has 1 saturated carbocycles. The smallest absolute Gasteiger partial charge is 0.230 e. The van der Waals surface area contributed by atoms with Crippen LogP contribution in [0.1, 0.15) is 31.7 Å². The number of carbonyl (C=O) groups excluding carboxylic acids is 1. The summed E-state index contributed by atoms with van der Waals surface area (Å²) in [5.74, 6) is 0.606. The number of anilines is 1. The second-order valence-corrected chi connectivity index (χ2v) is 4.68. The zero-order valence-corrected chi connectivity index (χ0v) is 10.4. The minimum Gasteiger partial charge on any atom is -0.508 e. The van der Waals surface area contributed by atoms with Gasteiger partial charge in [0.1, 0.15) is 5.75 Å². The molecule has 92 valence electrons. The van der Waals surface area contributed by atoms with Crippen LogP contribution in [0.25, 0.3) is 0 Å². The standard InChI is InChI=1S/C14H19NO2/c1-3-15(14(17)11-5-4-6-11)13-9-12(16)8-7-10(13)2/h7-9,11,16H,3-6H2,1-2H3. The van der Waals surface area contributed by atoms with Gasteiger partial charge in [-0.15, -0.1) is 0 Å². The lowest BCUT2D eigenvalue weighted by molar-refractivity contribution is -0.124. The molecule has 1 fully saturated rings. The van der Waals surface area contributed by atoms with Crippen LogP contribution in [0.3, 0.4) is 0 Å². The van der Waals surface area contributed by atoms with Crippen molar-refractivity contribution in [3.8, 4) is 5.75 Å². The highest BCUT2D eigenvalue weighted by molar-refractivity contribution is 5.96. The van der Waals surface area contributed by atoms with E-state index in [0.29, 0.717) is 6.54 Å². The summed E-state index contributed by atoms with van der Waals surface area (Å²) in [5, 5.41) is 9.54. The van der Waals surface area contributed by atoms with E-state index in [4.69, 9.17) is 0 Å². The maximum absolute atomic E-state index is 12.3. The van der Waals surface area contributed by atoms with Crippen LogP contribution in [0.15, 0.2) is 18.2 Å². The number of hydrogen-bond donors (Lipinski definition) is 1. The lowest BCUT2D eigenvalue weighted by atomic mass is 9.84. The maximum Gasteiger partial charge on any atom is 0.230 e. The molecule has 0 heterocycles. The van der Waals surface area contributed by atoms with Gasteiger partial charge in [-0.2, -0.15) is 0 Å². The van der Waals surface area contributed by atoms with Crippen molar-refractivity contribution in [1.82, 2.24) is 0 Å². The first-order valence-electron chi connectivity index (χ1n) is 6.24. The molecule has 1 aromatic carbocycles. The molecule has 2 rings (SSSR count). The Morgan fingerprint density at radius 2 is 2.18 bits per heavy atom. The van der Waals surface area contributed by atoms with Gasteiger partial charge in [-0.1, -0.05) is 12.5 Å². The predicted octanol–water partition coefficient (Wildman–Crippen LogP) is 2.85. The summed E-state index contributed by atoms with van der Waals surface area (Å²) in [5.41, 5.74) is 1.86. The molecular formula is C14H19NO2. The van der Waals surface area contributed by atoms with Crippen LogP contribution in [0.4, 0.5) is 5.69 Å². The molecule has 1 aromatic rings. The quantitative estimate of drug-likeness (QED) is 0.872. The van der Waals surface area contributed by atoms with E-state index in [1.807, 2.05) is 19.9 Å². The monoisotopic (exact) mass is 233 g/mol. The molecule has 0 spiro atoms. The number of phenols is 1. The van der Waals surface area contributed by atoms with Crippen molar-refractivity contribution >= 4 is 11.6 Å². The Hall–Kier alpha value is -1.51. The first kappa shape index (κ1) is 12.0. The number of hydrogen-bond acceptors (Lipinski definition) is 2. The van der Waals surface area contributed by atoms with E-state index < -0.39 is 0 Å². The molecule has 1 amide bonds. The summed E-state index contributed by atoms with van der Waals surface area (Å²) in [7, 11) is 0. The molecule has 0 radical (unpaired) electrons. The molecule has 0 bridgehead atoms. The van der Waals surface area contributed by atoms with E-state index in [1.165, 1.54) is 0 Å². The zero-order valence-electron chi connectivity index (χ0n) is 10.4. The average Bonchev–Trinajstić information content (AvgIpc) is 2.22. The number of phenolic OH excluding ortho intramolecular Hbond substituents is 1. The van der Waals surface area contributed by atoms with E-state index in [1.54, 1.807) is 17.0 Å². The van der Waals surface area contributed by atoms with Crippen molar-refractivity contribution in [3.63, 3.8) is 0 Å². The predicted molar refractivity (Wildman–Crippen MR) is 68.2 cm³/mol. The van der Waals surface area contributed by atoms with Crippen molar-refractivity contribution in [1.29, 1.82) is 0 Å². The van der Waals surface area contributed by atoms with E-state index in [-0.39, 0.29) is 17.6 Å². The molecule has 0 aliphatic heterocycles. The van der Waals surface area contributed by atoms with Crippen LogP contribution in [0, 0.1) is 12.8 Å². The third-order valence-corrected chi connectivity index (χ3v) is 3.52. The fourth-order valence-corrected chi connectivity index (χ4v) is 2.21. The van der Waals surface area contributed by atoms with Crippen LogP contribution in [0.5, 0.6) is 5.75 Å². The Morgan fingerprint density at radius 3 is 2.71 bits per heavy atom. The van der Waals surface area contributed by atoms with E-state index in [9.17, 15) is 9.90 Å². The van der Waals surface area contributed by atoms with Gasteiger partial charge in [0.15, 0.2) is 0 Å². The minimum absolute atomic E-state index is 0.191. The fraction of sp³-hybridized carbons (Fsp3) is 0.500. The Kier molecular flexibility index (Phi) is 3.36. The zero-order chi connectivity index (χ0) is 12.4. The van der Waals surface area contributed by atoms with Gasteiger partial charge in [-0.25, -0.2) is 0 Å². The van der Waals surface area contributed by atoms with Gasteiger partial charge >= 0.3 is 0 Å². The van der Waals surface area contributed by atoms with Crippen molar-refractivity contribution in [2.75, 3.05) is 11.4 Å². The molecule has 0 unspecified atom stereocenters. The second kappa shape index (κ2) is 4.78. The number of rotatable bonds is 3. The van der Waals surface area contributed by atoms with Crippen molar-refractivity contribution < 1.29 is 9.90 Å². The van der Waals surface area contributed by atoms with Gasteiger partial charge in [-0.3, -0.25) is 4.79 Å². The maximum atomic E-state index is 12.3. The second-order valence-electron chi connectivity index (χ2n) is 4.68. The Labute approximate surface area is 102 Å². The largest absolute Gasteiger partial charge is 0.508 e. The summed E-state index contributed by atoms with van der Waals surface area (Å²) in [6.07, 6.45) is 3.17. The van der Waals surface area contributed by atoms with Crippen LogP contribution in [0.2, 0.25) is 0 Å². The highest BCUT2D eigenvalue weighted by atomic mass is 16.3. The van der Waals surface area contributed by atoms with E-state index >= 15 is 0 Å². The summed E-state index contributed by atoms with van der Waals surface area (Å²) in [6, 6.07) is 5.18. The van der Waals surface area contributed by atoms with Crippen molar-refractivity contribution in [3.05, 3.63) is 23.8 Å². The highest BCUT2D eigenvalue weighted by Gasteiger charge is 2.30. The van der Waals surface area contributed by atoms with E-state index in [0.717, 1.165) is 30.5 Å². The van der Waals surface area contributed by atoms with Crippen LogP contribution < -0.4 is 4.90 Å². The molecule has 0 aromatic heterocycles. The number of carbonyl (C=O) groups is 1. The minimum atomic E-state index is 0.191. The lowest BCUT2D eigenvalue weighted by Crippen LogP contribution is -2.39. The van der Waals surface area contributed by atoms with Crippen LogP contribution in [-0.4, -0.2) is 17.6 Å². The van der Waals surface area contributed by atoms with Gasteiger partial charge in [-0.05, 0) is 38.3 Å².